The molecule has 0 saturated carbocycles. The molecule has 0 spiro atoms. The molecule has 2 aromatic rings. The van der Waals surface area contributed by atoms with Crippen molar-refractivity contribution in [3.63, 3.8) is 0 Å². The minimum atomic E-state index is -0.509. The zero-order valence-corrected chi connectivity index (χ0v) is 21.2. The van der Waals surface area contributed by atoms with Crippen molar-refractivity contribution in [1.82, 2.24) is 35.3 Å². The Labute approximate surface area is 209 Å². The first-order valence-corrected chi connectivity index (χ1v) is 11.8. The van der Waals surface area contributed by atoms with Crippen LogP contribution in [-0.4, -0.2) is 97.9 Å². The van der Waals surface area contributed by atoms with Crippen LogP contribution >= 0.6 is 0 Å². The molecular formula is C23H34N8O5. The van der Waals surface area contributed by atoms with Gasteiger partial charge in [-0.25, -0.2) is 9.48 Å². The van der Waals surface area contributed by atoms with Crippen LogP contribution in [-0.2, 0) is 11.3 Å². The summed E-state index contributed by atoms with van der Waals surface area (Å²) in [7, 11) is 1.67. The van der Waals surface area contributed by atoms with Gasteiger partial charge in [0.1, 0.15) is 19.0 Å². The summed E-state index contributed by atoms with van der Waals surface area (Å²) >= 11 is 0. The lowest BCUT2D eigenvalue weighted by Crippen LogP contribution is -2.51. The number of ether oxygens (including phenoxy) is 1. The maximum Gasteiger partial charge on any atom is 0.317 e. The van der Waals surface area contributed by atoms with Gasteiger partial charge in [-0.1, -0.05) is 13.0 Å². The summed E-state index contributed by atoms with van der Waals surface area (Å²) in [6.07, 6.45) is 0.810. The van der Waals surface area contributed by atoms with Crippen molar-refractivity contribution < 1.29 is 24.2 Å². The first-order valence-electron chi connectivity index (χ1n) is 11.8. The first kappa shape index (κ1) is 26.9. The Morgan fingerprint density at radius 3 is 2.69 bits per heavy atom. The molecule has 196 valence electrons. The minimum Gasteiger partial charge on any atom is -0.485 e. The van der Waals surface area contributed by atoms with Crippen molar-refractivity contribution in [3.8, 4) is 5.75 Å². The normalized spacial score (nSPS) is 18.5. The summed E-state index contributed by atoms with van der Waals surface area (Å²) in [6.45, 7) is 7.66. The molecule has 13 heteroatoms. The highest BCUT2D eigenvalue weighted by molar-refractivity contribution is 6.01. The van der Waals surface area contributed by atoms with Gasteiger partial charge >= 0.3 is 6.03 Å². The molecule has 3 N–H and O–H groups in total. The number of urea groups is 1. The number of aliphatic hydroxyl groups is 1. The molecule has 1 aliphatic heterocycles. The van der Waals surface area contributed by atoms with Gasteiger partial charge in [0.15, 0.2) is 5.75 Å². The minimum absolute atomic E-state index is 0.0307. The van der Waals surface area contributed by atoms with Crippen molar-refractivity contribution in [2.45, 2.75) is 52.4 Å². The number of nitrogens with one attached hydrogen (secondary N) is 2. The molecule has 2 heterocycles. The molecular weight excluding hydrogens is 468 g/mol. The number of hydrogen-bond donors (Lipinski definition) is 3. The molecule has 0 fully saturated rings. The lowest BCUT2D eigenvalue weighted by Gasteiger charge is -2.38. The number of anilines is 1. The summed E-state index contributed by atoms with van der Waals surface area (Å²) in [6, 6.07) is 4.19. The monoisotopic (exact) mass is 502 g/mol. The number of tetrazole rings is 1. The fraction of sp³-hybridized carbons (Fsp3) is 0.565. The lowest BCUT2D eigenvalue weighted by atomic mass is 9.99. The molecule has 4 amide bonds. The smallest absolute Gasteiger partial charge is 0.317 e. The number of hydrogen-bond acceptors (Lipinski definition) is 8. The van der Waals surface area contributed by atoms with E-state index in [9.17, 15) is 19.5 Å². The van der Waals surface area contributed by atoms with Gasteiger partial charge in [0, 0.05) is 25.6 Å². The lowest BCUT2D eigenvalue weighted by molar-refractivity contribution is -0.117. The molecule has 0 aliphatic carbocycles. The van der Waals surface area contributed by atoms with Crippen molar-refractivity contribution in [2.24, 2.45) is 5.92 Å². The molecule has 1 aromatic heterocycles. The number of aliphatic hydroxyl groups excluding tert-OH is 1. The third-order valence-electron chi connectivity index (χ3n) is 5.87. The van der Waals surface area contributed by atoms with E-state index in [2.05, 4.69) is 26.2 Å². The van der Waals surface area contributed by atoms with Crippen LogP contribution in [0.25, 0.3) is 0 Å². The number of amides is 4. The SMILES string of the molecule is CC(C)NC(=O)N(C)C[C@H]1Oc2c(NC(=O)Cn3cnnn3)cccc2C(=O)N([C@H](C)CO)C[C@@H]1C. The zero-order chi connectivity index (χ0) is 26.4. The van der Waals surface area contributed by atoms with Gasteiger partial charge in [-0.15, -0.1) is 5.10 Å². The summed E-state index contributed by atoms with van der Waals surface area (Å²) in [4.78, 5) is 41.8. The number of carbonyl (C=O) groups is 3. The Balaban J connectivity index is 1.95. The number of carbonyl (C=O) groups excluding carboxylic acids is 3. The van der Waals surface area contributed by atoms with Crippen LogP contribution in [0, 0.1) is 5.92 Å². The van der Waals surface area contributed by atoms with Crippen LogP contribution in [0.2, 0.25) is 0 Å². The second-order valence-electron chi connectivity index (χ2n) is 9.35. The van der Waals surface area contributed by atoms with Gasteiger partial charge in [0.05, 0.1) is 30.4 Å². The fourth-order valence-electron chi connectivity index (χ4n) is 3.86. The van der Waals surface area contributed by atoms with E-state index in [0.29, 0.717) is 12.2 Å². The van der Waals surface area contributed by atoms with Crippen LogP contribution in [0.4, 0.5) is 10.5 Å². The predicted molar refractivity (Wildman–Crippen MR) is 130 cm³/mol. The first-order chi connectivity index (χ1) is 17.1. The van der Waals surface area contributed by atoms with Gasteiger partial charge in [-0.05, 0) is 43.3 Å². The molecule has 13 nitrogen and oxygen atoms in total. The molecule has 0 radical (unpaired) electrons. The van der Waals surface area contributed by atoms with Crippen LogP contribution in [0.3, 0.4) is 0 Å². The number of aromatic nitrogens is 4. The van der Waals surface area contributed by atoms with Crippen molar-refractivity contribution in [2.75, 3.05) is 32.1 Å². The Kier molecular flexibility index (Phi) is 8.80. The zero-order valence-electron chi connectivity index (χ0n) is 21.2. The molecule has 1 aliphatic rings. The number of nitrogens with zero attached hydrogens (tertiary/aromatic N) is 6. The van der Waals surface area contributed by atoms with E-state index < -0.39 is 18.1 Å². The maximum absolute atomic E-state index is 13.5. The molecule has 0 unspecified atom stereocenters. The Hall–Kier alpha value is -3.74. The third kappa shape index (κ3) is 6.47. The summed E-state index contributed by atoms with van der Waals surface area (Å²) < 4.78 is 7.65. The van der Waals surface area contributed by atoms with E-state index in [1.165, 1.54) is 15.9 Å². The van der Waals surface area contributed by atoms with Crippen LogP contribution in [0.1, 0.15) is 38.1 Å². The highest BCUT2D eigenvalue weighted by Gasteiger charge is 2.35. The van der Waals surface area contributed by atoms with Crippen LogP contribution in [0.5, 0.6) is 5.75 Å². The maximum atomic E-state index is 13.5. The number of rotatable bonds is 8. The average molecular weight is 503 g/mol. The molecule has 3 atom stereocenters. The second-order valence-corrected chi connectivity index (χ2v) is 9.35. The van der Waals surface area contributed by atoms with Crippen LogP contribution < -0.4 is 15.4 Å². The highest BCUT2D eigenvalue weighted by atomic mass is 16.5. The fourth-order valence-corrected chi connectivity index (χ4v) is 3.86. The van der Waals surface area contributed by atoms with Gasteiger partial charge in [0.25, 0.3) is 5.91 Å². The number of likely N-dealkylation sites (N-methyl/N-ethyl adjacent to an activating group) is 1. The number of para-hydroxylation sites is 1. The van der Waals surface area contributed by atoms with Crippen LogP contribution in [0.15, 0.2) is 24.5 Å². The molecule has 3 rings (SSSR count). The summed E-state index contributed by atoms with van der Waals surface area (Å²) in [5.74, 6) is -0.723. The Morgan fingerprint density at radius 1 is 1.31 bits per heavy atom. The molecule has 36 heavy (non-hydrogen) atoms. The predicted octanol–water partition coefficient (Wildman–Crippen LogP) is 0.582. The van der Waals surface area contributed by atoms with Gasteiger partial charge in [0.2, 0.25) is 5.91 Å². The summed E-state index contributed by atoms with van der Waals surface area (Å²) in [5.41, 5.74) is 0.561. The molecule has 0 bridgehead atoms. The standard InChI is InChI=1S/C23H34N8O5/c1-14(2)25-23(35)29(5)10-19-15(3)9-31(16(4)12-32)22(34)17-7-6-8-18(21(17)36-19)26-20(33)11-30-13-24-27-28-30/h6-8,13-16,19,32H,9-12H2,1-5H3,(H,25,35)(H,26,33)/t15-,16+,19+/m0/s1. The van der Waals surface area contributed by atoms with Gasteiger partial charge in [-0.3, -0.25) is 9.59 Å². The van der Waals surface area contributed by atoms with Crippen molar-refractivity contribution in [3.05, 3.63) is 30.1 Å². The van der Waals surface area contributed by atoms with Gasteiger partial charge < -0.3 is 30.3 Å². The van der Waals surface area contributed by atoms with E-state index in [-0.39, 0.29) is 54.9 Å². The van der Waals surface area contributed by atoms with Crippen molar-refractivity contribution in [1.29, 1.82) is 0 Å². The molecule has 0 saturated heterocycles. The number of benzene rings is 1. The average Bonchev–Trinajstić information content (AvgIpc) is 3.33. The van der Waals surface area contributed by atoms with E-state index in [1.807, 2.05) is 20.8 Å². The van der Waals surface area contributed by atoms with E-state index >= 15 is 0 Å². The van der Waals surface area contributed by atoms with E-state index in [0.717, 1.165) is 0 Å². The Bertz CT molecular complexity index is 1060. The quantitative estimate of drug-likeness (QED) is 0.474. The van der Waals surface area contributed by atoms with E-state index in [1.54, 1.807) is 37.1 Å². The van der Waals surface area contributed by atoms with Gasteiger partial charge in [-0.2, -0.15) is 0 Å². The largest absolute Gasteiger partial charge is 0.485 e. The van der Waals surface area contributed by atoms with E-state index in [4.69, 9.17) is 4.74 Å². The summed E-state index contributed by atoms with van der Waals surface area (Å²) in [5, 5.41) is 26.2. The third-order valence-corrected chi connectivity index (χ3v) is 5.87. The second kappa shape index (κ2) is 11.8. The molecule has 1 aromatic carbocycles. The highest BCUT2D eigenvalue weighted by Crippen LogP contribution is 2.35. The van der Waals surface area contributed by atoms with Crippen molar-refractivity contribution >= 4 is 23.5 Å². The number of fused-ring (bicyclic) bond motifs is 1. The topological polar surface area (TPSA) is 155 Å². The Morgan fingerprint density at radius 2 is 2.06 bits per heavy atom.